The molecule has 0 aromatic rings. The average molecular weight is 183 g/mol. The van der Waals surface area contributed by atoms with Crippen molar-refractivity contribution in [2.24, 2.45) is 27.2 Å². The lowest BCUT2D eigenvalue weighted by atomic mass is 10.4. The highest BCUT2D eigenvalue weighted by molar-refractivity contribution is 5.97. The van der Waals surface area contributed by atoms with Crippen LogP contribution in [0.4, 0.5) is 0 Å². The molecule has 0 heterocycles. The van der Waals surface area contributed by atoms with Gasteiger partial charge in [0.1, 0.15) is 0 Å². The van der Waals surface area contributed by atoms with E-state index < -0.39 is 5.91 Å². The highest BCUT2D eigenvalue weighted by Crippen LogP contribution is 1.80. The second-order valence-corrected chi connectivity index (χ2v) is 2.35. The number of hydrogen-bond acceptors (Lipinski definition) is 3. The SMILES string of the molecule is CC(N)C=N/C=C/C(=O)N=C(N)N. The molecule has 0 aliphatic carbocycles. The van der Waals surface area contributed by atoms with E-state index in [1.54, 1.807) is 6.92 Å². The number of nitrogens with two attached hydrogens (primary N) is 3. The molecule has 0 aromatic carbocycles. The fraction of sp³-hybridized carbons (Fsp3) is 0.286. The fourth-order valence-electron chi connectivity index (χ4n) is 0.457. The van der Waals surface area contributed by atoms with Crippen LogP contribution in [0.3, 0.4) is 0 Å². The molecule has 1 amide bonds. The van der Waals surface area contributed by atoms with Gasteiger partial charge in [0.15, 0.2) is 5.96 Å². The van der Waals surface area contributed by atoms with Gasteiger partial charge in [0.05, 0.1) is 0 Å². The van der Waals surface area contributed by atoms with E-state index >= 15 is 0 Å². The summed E-state index contributed by atoms with van der Waals surface area (Å²) in [4.78, 5) is 17.7. The van der Waals surface area contributed by atoms with Crippen LogP contribution in [0, 0.1) is 0 Å². The van der Waals surface area contributed by atoms with Crippen LogP contribution < -0.4 is 17.2 Å². The number of nitrogens with zero attached hydrogens (tertiary/aromatic N) is 2. The molecule has 0 aromatic heterocycles. The third kappa shape index (κ3) is 8.21. The molecule has 0 aliphatic heterocycles. The van der Waals surface area contributed by atoms with Crippen molar-refractivity contribution in [1.82, 2.24) is 0 Å². The molecular weight excluding hydrogens is 170 g/mol. The van der Waals surface area contributed by atoms with Gasteiger partial charge in [-0.05, 0) is 6.92 Å². The minimum atomic E-state index is -0.554. The zero-order valence-corrected chi connectivity index (χ0v) is 7.34. The zero-order chi connectivity index (χ0) is 10.3. The number of hydrogen-bond donors (Lipinski definition) is 3. The summed E-state index contributed by atoms with van der Waals surface area (Å²) in [7, 11) is 0. The van der Waals surface area contributed by atoms with Gasteiger partial charge in [0.25, 0.3) is 5.91 Å². The van der Waals surface area contributed by atoms with Crippen LogP contribution in [0.2, 0.25) is 0 Å². The predicted octanol–water partition coefficient (Wildman–Crippen LogP) is -1.28. The molecule has 13 heavy (non-hydrogen) atoms. The van der Waals surface area contributed by atoms with Gasteiger partial charge in [-0.15, -0.1) is 0 Å². The highest BCUT2D eigenvalue weighted by Gasteiger charge is 1.90. The summed E-state index contributed by atoms with van der Waals surface area (Å²) in [6.45, 7) is 1.76. The molecule has 1 unspecified atom stereocenters. The van der Waals surface area contributed by atoms with Crippen LogP contribution in [0.25, 0.3) is 0 Å². The first-order valence-corrected chi connectivity index (χ1v) is 3.61. The fourth-order valence-corrected chi connectivity index (χ4v) is 0.457. The van der Waals surface area contributed by atoms with E-state index in [0.29, 0.717) is 0 Å². The minimum Gasteiger partial charge on any atom is -0.370 e. The van der Waals surface area contributed by atoms with Gasteiger partial charge in [-0.2, -0.15) is 4.99 Å². The van der Waals surface area contributed by atoms with Crippen LogP contribution >= 0.6 is 0 Å². The average Bonchev–Trinajstić information content (AvgIpc) is 1.96. The van der Waals surface area contributed by atoms with Crippen molar-refractivity contribution < 1.29 is 4.79 Å². The molecule has 0 rings (SSSR count). The van der Waals surface area contributed by atoms with Crippen molar-refractivity contribution in [2.45, 2.75) is 13.0 Å². The van der Waals surface area contributed by atoms with Crippen molar-refractivity contribution in [3.63, 3.8) is 0 Å². The molecule has 6 N–H and O–H groups in total. The van der Waals surface area contributed by atoms with Crippen LogP contribution in [0.1, 0.15) is 6.92 Å². The molecular formula is C7H13N5O. The lowest BCUT2D eigenvalue weighted by molar-refractivity contribution is -0.113. The summed E-state index contributed by atoms with van der Waals surface area (Å²) in [6, 6.07) is -0.150. The van der Waals surface area contributed by atoms with Crippen LogP contribution in [-0.2, 0) is 4.79 Å². The third-order valence-corrected chi connectivity index (χ3v) is 0.864. The molecule has 0 radical (unpaired) electrons. The van der Waals surface area contributed by atoms with Gasteiger partial charge in [0.2, 0.25) is 0 Å². The normalized spacial score (nSPS) is 13.4. The maximum atomic E-state index is 10.8. The van der Waals surface area contributed by atoms with Gasteiger partial charge in [-0.3, -0.25) is 9.79 Å². The summed E-state index contributed by atoms with van der Waals surface area (Å²) in [5.74, 6) is -0.826. The zero-order valence-electron chi connectivity index (χ0n) is 7.34. The molecule has 0 fully saturated rings. The third-order valence-electron chi connectivity index (χ3n) is 0.864. The number of carbonyl (C=O) groups is 1. The summed E-state index contributed by atoms with van der Waals surface area (Å²) in [5.41, 5.74) is 15.3. The number of guanidine groups is 1. The van der Waals surface area contributed by atoms with Crippen molar-refractivity contribution in [2.75, 3.05) is 0 Å². The molecule has 0 saturated carbocycles. The summed E-state index contributed by atoms with van der Waals surface area (Å²) in [5, 5.41) is 0. The van der Waals surface area contributed by atoms with Gasteiger partial charge < -0.3 is 17.2 Å². The van der Waals surface area contributed by atoms with E-state index in [1.165, 1.54) is 12.4 Å². The summed E-state index contributed by atoms with van der Waals surface area (Å²) < 4.78 is 0. The Morgan fingerprint density at radius 3 is 2.54 bits per heavy atom. The van der Waals surface area contributed by atoms with Gasteiger partial charge in [0, 0.05) is 24.5 Å². The number of rotatable bonds is 3. The monoisotopic (exact) mass is 183 g/mol. The Bertz CT molecular complexity index is 250. The molecule has 0 aliphatic rings. The molecule has 1 atom stereocenters. The molecule has 0 bridgehead atoms. The van der Waals surface area contributed by atoms with E-state index in [2.05, 4.69) is 9.98 Å². The number of carbonyl (C=O) groups excluding carboxylic acids is 1. The summed E-state index contributed by atoms with van der Waals surface area (Å²) in [6.07, 6.45) is 3.90. The Morgan fingerprint density at radius 2 is 2.08 bits per heavy atom. The topological polar surface area (TPSA) is 120 Å². The van der Waals surface area contributed by atoms with Crippen molar-refractivity contribution in [1.29, 1.82) is 0 Å². The Morgan fingerprint density at radius 1 is 1.46 bits per heavy atom. The van der Waals surface area contributed by atoms with Crippen molar-refractivity contribution >= 4 is 18.1 Å². The van der Waals surface area contributed by atoms with Crippen LogP contribution in [0.5, 0.6) is 0 Å². The Labute approximate surface area is 76.2 Å². The first-order chi connectivity index (χ1) is 6.02. The molecule has 6 nitrogen and oxygen atoms in total. The Hall–Kier alpha value is -1.69. The second kappa shape index (κ2) is 5.90. The largest absolute Gasteiger partial charge is 0.370 e. The van der Waals surface area contributed by atoms with Gasteiger partial charge >= 0.3 is 0 Å². The van der Waals surface area contributed by atoms with Gasteiger partial charge in [-0.1, -0.05) is 0 Å². The lowest BCUT2D eigenvalue weighted by Gasteiger charge is -1.89. The maximum absolute atomic E-state index is 10.8. The van der Waals surface area contributed by atoms with E-state index in [4.69, 9.17) is 17.2 Å². The minimum absolute atomic E-state index is 0.150. The molecule has 72 valence electrons. The maximum Gasteiger partial charge on any atom is 0.274 e. The van der Waals surface area contributed by atoms with Crippen molar-refractivity contribution in [3.05, 3.63) is 12.3 Å². The second-order valence-electron chi connectivity index (χ2n) is 2.35. The van der Waals surface area contributed by atoms with Gasteiger partial charge in [-0.25, -0.2) is 0 Å². The van der Waals surface area contributed by atoms with Crippen molar-refractivity contribution in [3.8, 4) is 0 Å². The van der Waals surface area contributed by atoms with E-state index in [1.807, 2.05) is 0 Å². The molecule has 0 spiro atoms. The number of aliphatic imine (C=N–C) groups is 2. The Balaban J connectivity index is 4.00. The van der Waals surface area contributed by atoms with Crippen LogP contribution in [0.15, 0.2) is 22.3 Å². The van der Waals surface area contributed by atoms with E-state index in [-0.39, 0.29) is 12.0 Å². The smallest absolute Gasteiger partial charge is 0.274 e. The lowest BCUT2D eigenvalue weighted by Crippen LogP contribution is -2.23. The van der Waals surface area contributed by atoms with Crippen LogP contribution in [-0.4, -0.2) is 24.1 Å². The number of amides is 1. The highest BCUT2D eigenvalue weighted by atomic mass is 16.1. The first kappa shape index (κ1) is 11.3. The summed E-state index contributed by atoms with van der Waals surface area (Å²) >= 11 is 0. The standard InChI is InChI=1S/C7H13N5O/c1-5(8)4-11-3-2-6(13)12-7(9)10/h2-5H,8H2,1H3,(H4,9,10,12,13)/b3-2+,11-4?. The molecule has 6 heteroatoms. The molecule has 0 saturated heterocycles. The Kier molecular flexibility index (Phi) is 5.13. The first-order valence-electron chi connectivity index (χ1n) is 3.61. The predicted molar refractivity (Wildman–Crippen MR) is 52.1 cm³/mol. The van der Waals surface area contributed by atoms with E-state index in [9.17, 15) is 4.79 Å². The quantitative estimate of drug-likeness (QED) is 0.286. The van der Waals surface area contributed by atoms with E-state index in [0.717, 1.165) is 6.08 Å².